The number of nitrogens with one attached hydrogen (secondary N) is 1. The van der Waals surface area contributed by atoms with Crippen LogP contribution in [-0.4, -0.2) is 60.4 Å². The molecule has 1 saturated heterocycles. The standard InChI is InChI=1S/C42H64N2O3/c1-38(2)32(30-8-10-31(11-9-30)37(46)47)14-19-39(3)35(38)15-20-41(5)36(39)13-12-33-34-7-6-18-42(34,22-21-40(33,41)4)28-43-23-26-44-24-16-29(27-45)17-25-44/h8-11,14,29,33-36,43,45H,6-7,12-13,15-28H2,1-5H3,(H,46,47)/t33?,34?,35?,36?,39?,40-,41?,42?/m1/s1. The molecule has 8 atom stereocenters. The van der Waals surface area contributed by atoms with Gasteiger partial charge in [-0.1, -0.05) is 59.2 Å². The fourth-order valence-electron chi connectivity index (χ4n) is 13.9. The highest BCUT2D eigenvalue weighted by atomic mass is 16.4. The average molecular weight is 645 g/mol. The van der Waals surface area contributed by atoms with Crippen molar-refractivity contribution in [1.82, 2.24) is 10.2 Å². The minimum atomic E-state index is -0.850. The Morgan fingerprint density at radius 1 is 0.851 bits per heavy atom. The Morgan fingerprint density at radius 2 is 1.60 bits per heavy atom. The summed E-state index contributed by atoms with van der Waals surface area (Å²) >= 11 is 0. The maximum absolute atomic E-state index is 11.5. The van der Waals surface area contributed by atoms with E-state index in [1.165, 1.54) is 75.5 Å². The maximum Gasteiger partial charge on any atom is 0.335 e. The highest BCUT2D eigenvalue weighted by Crippen LogP contribution is 2.77. The zero-order chi connectivity index (χ0) is 33.2. The van der Waals surface area contributed by atoms with Crippen molar-refractivity contribution in [3.63, 3.8) is 0 Å². The molecule has 5 heteroatoms. The molecule has 0 bridgehead atoms. The summed E-state index contributed by atoms with van der Waals surface area (Å²) in [4.78, 5) is 14.1. The van der Waals surface area contributed by atoms with E-state index in [0.29, 0.717) is 45.7 Å². The van der Waals surface area contributed by atoms with Crippen LogP contribution in [0.4, 0.5) is 0 Å². The van der Waals surface area contributed by atoms with Gasteiger partial charge in [-0.2, -0.15) is 0 Å². The first kappa shape index (κ1) is 33.8. The SMILES string of the molecule is CC1(C)C(c2ccc(C(=O)O)cc2)=CCC2(C)C1CCC1(C)C2CCC2C3CCCC3(CNCCN3CCC(CO)CC3)CC[C@]21C. The van der Waals surface area contributed by atoms with E-state index in [1.807, 2.05) is 12.1 Å². The molecule has 47 heavy (non-hydrogen) atoms. The smallest absolute Gasteiger partial charge is 0.335 e. The summed E-state index contributed by atoms with van der Waals surface area (Å²) in [6.07, 6.45) is 18.6. The van der Waals surface area contributed by atoms with E-state index in [2.05, 4.69) is 50.9 Å². The van der Waals surface area contributed by atoms with Crippen molar-refractivity contribution in [3.8, 4) is 0 Å². The third kappa shape index (κ3) is 5.30. The molecule has 0 spiro atoms. The summed E-state index contributed by atoms with van der Waals surface area (Å²) < 4.78 is 0. The third-order valence-electron chi connectivity index (χ3n) is 16.6. The second-order valence-corrected chi connectivity index (χ2v) is 18.6. The number of aliphatic hydroxyl groups excluding tert-OH is 1. The van der Waals surface area contributed by atoms with E-state index in [4.69, 9.17) is 0 Å². The van der Waals surface area contributed by atoms with E-state index in [-0.39, 0.29) is 5.41 Å². The number of piperidine rings is 1. The van der Waals surface area contributed by atoms with Gasteiger partial charge in [-0.25, -0.2) is 4.79 Å². The topological polar surface area (TPSA) is 72.8 Å². The van der Waals surface area contributed by atoms with Crippen LogP contribution in [0.15, 0.2) is 30.3 Å². The van der Waals surface area contributed by atoms with Crippen LogP contribution in [0, 0.1) is 56.7 Å². The van der Waals surface area contributed by atoms with E-state index in [0.717, 1.165) is 63.2 Å². The average Bonchev–Trinajstić information content (AvgIpc) is 3.48. The molecule has 0 aromatic heterocycles. The Labute approximate surface area is 285 Å². The number of hydrogen-bond acceptors (Lipinski definition) is 4. The molecule has 5 nitrogen and oxygen atoms in total. The van der Waals surface area contributed by atoms with Crippen LogP contribution in [0.25, 0.3) is 5.57 Å². The minimum Gasteiger partial charge on any atom is -0.478 e. The Kier molecular flexibility index (Phi) is 8.82. The molecule has 0 radical (unpaired) electrons. The Bertz CT molecular complexity index is 1350. The number of benzene rings is 1. The van der Waals surface area contributed by atoms with Gasteiger partial charge >= 0.3 is 5.97 Å². The number of allylic oxidation sites excluding steroid dienone is 2. The first-order chi connectivity index (χ1) is 22.4. The molecular weight excluding hydrogens is 580 g/mol. The first-order valence-corrected chi connectivity index (χ1v) is 19.5. The quantitative estimate of drug-likeness (QED) is 0.248. The van der Waals surface area contributed by atoms with Crippen molar-refractivity contribution in [1.29, 1.82) is 0 Å². The lowest BCUT2D eigenvalue weighted by Gasteiger charge is -2.72. The summed E-state index contributed by atoms with van der Waals surface area (Å²) in [7, 11) is 0. The van der Waals surface area contributed by atoms with E-state index < -0.39 is 5.97 Å². The molecule has 7 rings (SSSR count). The van der Waals surface area contributed by atoms with Gasteiger partial charge in [-0.3, -0.25) is 0 Å². The largest absolute Gasteiger partial charge is 0.478 e. The normalized spacial score (nSPS) is 41.7. The van der Waals surface area contributed by atoms with Gasteiger partial charge in [0.05, 0.1) is 5.56 Å². The summed E-state index contributed by atoms with van der Waals surface area (Å²) in [5, 5.41) is 23.0. The van der Waals surface area contributed by atoms with Crippen molar-refractivity contribution < 1.29 is 15.0 Å². The zero-order valence-electron chi connectivity index (χ0n) is 30.3. The zero-order valence-corrected chi connectivity index (χ0v) is 30.3. The van der Waals surface area contributed by atoms with Gasteiger partial charge in [0.15, 0.2) is 0 Å². The number of carbonyl (C=O) groups is 1. The Morgan fingerprint density at radius 3 is 2.30 bits per heavy atom. The van der Waals surface area contributed by atoms with Crippen LogP contribution in [0.2, 0.25) is 0 Å². The minimum absolute atomic E-state index is 0.0599. The molecule has 5 aliphatic carbocycles. The molecule has 1 heterocycles. The van der Waals surface area contributed by atoms with Crippen molar-refractivity contribution in [2.24, 2.45) is 56.7 Å². The van der Waals surface area contributed by atoms with Gasteiger partial charge in [-0.05, 0) is 164 Å². The molecule has 6 aliphatic rings. The lowest BCUT2D eigenvalue weighted by atomic mass is 9.32. The van der Waals surface area contributed by atoms with Crippen molar-refractivity contribution in [2.45, 2.75) is 112 Å². The molecule has 3 N–H and O–H groups in total. The molecule has 1 aliphatic heterocycles. The van der Waals surface area contributed by atoms with Crippen LogP contribution < -0.4 is 5.32 Å². The molecule has 1 aromatic carbocycles. The van der Waals surface area contributed by atoms with Crippen LogP contribution in [0.3, 0.4) is 0 Å². The highest BCUT2D eigenvalue weighted by Gasteiger charge is 2.69. The maximum atomic E-state index is 11.5. The van der Waals surface area contributed by atoms with Crippen LogP contribution in [0.1, 0.15) is 128 Å². The molecule has 5 fully saturated rings. The number of fused-ring (bicyclic) bond motifs is 7. The number of hydrogen-bond donors (Lipinski definition) is 3. The van der Waals surface area contributed by atoms with Crippen molar-refractivity contribution >= 4 is 11.5 Å². The fourth-order valence-corrected chi connectivity index (χ4v) is 13.9. The van der Waals surface area contributed by atoms with Crippen molar-refractivity contribution in [3.05, 3.63) is 41.5 Å². The molecule has 0 amide bonds. The predicted octanol–water partition coefficient (Wildman–Crippen LogP) is 8.53. The number of likely N-dealkylation sites (tertiary alicyclic amines) is 1. The number of rotatable bonds is 8. The fraction of sp³-hybridized carbons (Fsp3) is 0.786. The summed E-state index contributed by atoms with van der Waals surface area (Å²) in [5.41, 5.74) is 4.66. The van der Waals surface area contributed by atoms with Gasteiger partial charge in [0.25, 0.3) is 0 Å². The van der Waals surface area contributed by atoms with E-state index in [9.17, 15) is 15.0 Å². The molecule has 260 valence electrons. The number of nitrogens with zero attached hydrogens (tertiary/aromatic N) is 1. The number of carboxylic acid groups (broad SMARTS) is 1. The molecular formula is C42H64N2O3. The first-order valence-electron chi connectivity index (χ1n) is 19.5. The van der Waals surface area contributed by atoms with Crippen LogP contribution in [-0.2, 0) is 0 Å². The van der Waals surface area contributed by atoms with E-state index in [1.54, 1.807) is 12.1 Å². The van der Waals surface area contributed by atoms with Gasteiger partial charge < -0.3 is 20.4 Å². The number of aliphatic hydroxyl groups is 1. The molecule has 7 unspecified atom stereocenters. The summed E-state index contributed by atoms with van der Waals surface area (Å²) in [6.45, 7) is 19.3. The van der Waals surface area contributed by atoms with E-state index >= 15 is 0 Å². The number of aromatic carboxylic acids is 1. The van der Waals surface area contributed by atoms with Crippen LogP contribution >= 0.6 is 0 Å². The monoisotopic (exact) mass is 644 g/mol. The third-order valence-corrected chi connectivity index (χ3v) is 16.6. The highest BCUT2D eigenvalue weighted by molar-refractivity contribution is 5.88. The second kappa shape index (κ2) is 12.3. The van der Waals surface area contributed by atoms with Gasteiger partial charge in [0.2, 0.25) is 0 Å². The van der Waals surface area contributed by atoms with Crippen molar-refractivity contribution in [2.75, 3.05) is 39.3 Å². The molecule has 4 saturated carbocycles. The number of carboxylic acids is 1. The summed E-state index contributed by atoms with van der Waals surface area (Å²) in [5.74, 6) is 2.79. The predicted molar refractivity (Wildman–Crippen MR) is 191 cm³/mol. The second-order valence-electron chi connectivity index (χ2n) is 18.6. The molecule has 1 aromatic rings. The van der Waals surface area contributed by atoms with Crippen LogP contribution in [0.5, 0.6) is 0 Å². The van der Waals surface area contributed by atoms with Gasteiger partial charge in [0.1, 0.15) is 0 Å². The summed E-state index contributed by atoms with van der Waals surface area (Å²) in [6, 6.07) is 7.66. The van der Waals surface area contributed by atoms with Gasteiger partial charge in [-0.15, -0.1) is 0 Å². The Balaban J connectivity index is 1.06. The van der Waals surface area contributed by atoms with Gasteiger partial charge in [0, 0.05) is 26.2 Å². The lowest BCUT2D eigenvalue weighted by molar-refractivity contribution is -0.222. The lowest BCUT2D eigenvalue weighted by Crippen LogP contribution is -2.65. The Hall–Kier alpha value is -1.69.